The van der Waals surface area contributed by atoms with Crippen LogP contribution in [0.1, 0.15) is 32.4 Å². The topological polar surface area (TPSA) is 81.7 Å². The molecule has 1 N–H and O–H groups in total. The maximum absolute atomic E-state index is 12.0. The predicted molar refractivity (Wildman–Crippen MR) is 87.5 cm³/mol. The van der Waals surface area contributed by atoms with Gasteiger partial charge in [0.05, 0.1) is 11.8 Å². The summed E-state index contributed by atoms with van der Waals surface area (Å²) in [6.45, 7) is 6.44. The molecule has 1 aliphatic heterocycles. The molecule has 1 atom stereocenters. The van der Waals surface area contributed by atoms with Gasteiger partial charge in [-0.1, -0.05) is 19.9 Å². The quantitative estimate of drug-likeness (QED) is 0.852. The van der Waals surface area contributed by atoms with Crippen LogP contribution < -0.4 is 14.8 Å². The van der Waals surface area contributed by atoms with Gasteiger partial charge >= 0.3 is 0 Å². The fourth-order valence-electron chi connectivity index (χ4n) is 2.46. The van der Waals surface area contributed by atoms with Crippen LogP contribution in [-0.2, 0) is 14.6 Å². The summed E-state index contributed by atoms with van der Waals surface area (Å²) in [6, 6.07) is 5.12. The molecular weight excluding hydrogens is 318 g/mol. The first-order valence-electron chi connectivity index (χ1n) is 7.66. The van der Waals surface area contributed by atoms with E-state index in [-0.39, 0.29) is 17.7 Å². The maximum atomic E-state index is 12.0. The number of carbonyl (C=O) groups is 1. The number of fused-ring (bicyclic) bond motifs is 1. The van der Waals surface area contributed by atoms with E-state index >= 15 is 0 Å². The van der Waals surface area contributed by atoms with Crippen LogP contribution in [-0.4, -0.2) is 39.0 Å². The van der Waals surface area contributed by atoms with E-state index in [1.165, 1.54) is 0 Å². The van der Waals surface area contributed by atoms with E-state index in [9.17, 15) is 13.2 Å². The molecule has 1 amide bonds. The van der Waals surface area contributed by atoms with Gasteiger partial charge in [0.25, 0.3) is 0 Å². The second-order valence-electron chi connectivity index (χ2n) is 6.14. The van der Waals surface area contributed by atoms with Gasteiger partial charge in [0.1, 0.15) is 19.0 Å². The van der Waals surface area contributed by atoms with E-state index in [4.69, 9.17) is 9.47 Å². The van der Waals surface area contributed by atoms with Crippen LogP contribution in [0.5, 0.6) is 11.5 Å². The zero-order chi connectivity index (χ0) is 17.0. The number of ether oxygens (including phenoxy) is 2. The largest absolute Gasteiger partial charge is 0.486 e. The van der Waals surface area contributed by atoms with E-state index in [0.717, 1.165) is 5.56 Å². The first-order valence-corrected chi connectivity index (χ1v) is 9.48. The van der Waals surface area contributed by atoms with E-state index in [2.05, 4.69) is 5.32 Å². The summed E-state index contributed by atoms with van der Waals surface area (Å²) >= 11 is 0. The lowest BCUT2D eigenvalue weighted by molar-refractivity contribution is -0.119. The lowest BCUT2D eigenvalue weighted by Gasteiger charge is -2.21. The molecule has 0 spiro atoms. The third-order valence-electron chi connectivity index (χ3n) is 3.38. The van der Waals surface area contributed by atoms with Crippen molar-refractivity contribution in [2.45, 2.75) is 26.8 Å². The third kappa shape index (κ3) is 5.13. The van der Waals surface area contributed by atoms with Crippen molar-refractivity contribution in [2.24, 2.45) is 5.92 Å². The Balaban J connectivity index is 1.98. The molecule has 23 heavy (non-hydrogen) atoms. The van der Waals surface area contributed by atoms with Crippen molar-refractivity contribution in [3.63, 3.8) is 0 Å². The SMILES string of the molecule is CC(C)CS(=O)(=O)CC(=O)N[C@@H](C)c1ccc2c(c1)OCCO2. The van der Waals surface area contributed by atoms with Gasteiger partial charge in [-0.2, -0.15) is 0 Å². The third-order valence-corrected chi connectivity index (χ3v) is 5.26. The highest BCUT2D eigenvalue weighted by Gasteiger charge is 2.21. The molecule has 0 aromatic heterocycles. The van der Waals surface area contributed by atoms with Crippen LogP contribution in [0.4, 0.5) is 0 Å². The lowest BCUT2D eigenvalue weighted by Crippen LogP contribution is -2.33. The maximum Gasteiger partial charge on any atom is 0.235 e. The van der Waals surface area contributed by atoms with Gasteiger partial charge in [0.15, 0.2) is 21.3 Å². The van der Waals surface area contributed by atoms with E-state index in [1.807, 2.05) is 26.0 Å². The van der Waals surface area contributed by atoms with Crippen molar-refractivity contribution in [3.8, 4) is 11.5 Å². The number of benzene rings is 1. The molecule has 1 aromatic carbocycles. The van der Waals surface area contributed by atoms with E-state index in [1.54, 1.807) is 13.0 Å². The van der Waals surface area contributed by atoms with Crippen molar-refractivity contribution in [3.05, 3.63) is 23.8 Å². The fraction of sp³-hybridized carbons (Fsp3) is 0.562. The average Bonchev–Trinajstić information content (AvgIpc) is 2.44. The van der Waals surface area contributed by atoms with Crippen LogP contribution in [0, 0.1) is 5.92 Å². The minimum absolute atomic E-state index is 0.00279. The highest BCUT2D eigenvalue weighted by atomic mass is 32.2. The zero-order valence-electron chi connectivity index (χ0n) is 13.7. The summed E-state index contributed by atoms with van der Waals surface area (Å²) in [7, 11) is -3.38. The molecule has 1 heterocycles. The summed E-state index contributed by atoms with van der Waals surface area (Å²) in [5.74, 6) is 0.357. The van der Waals surface area contributed by atoms with Crippen LogP contribution in [0.3, 0.4) is 0 Å². The van der Waals surface area contributed by atoms with Crippen molar-refractivity contribution < 1.29 is 22.7 Å². The number of carbonyl (C=O) groups excluding carboxylic acids is 1. The first-order chi connectivity index (χ1) is 10.8. The van der Waals surface area contributed by atoms with Crippen LogP contribution in [0.2, 0.25) is 0 Å². The van der Waals surface area contributed by atoms with Crippen molar-refractivity contribution in [1.82, 2.24) is 5.32 Å². The molecule has 0 aliphatic carbocycles. The van der Waals surface area contributed by atoms with Gasteiger partial charge in [-0.25, -0.2) is 8.42 Å². The predicted octanol–water partition coefficient (Wildman–Crippen LogP) is 1.71. The number of sulfone groups is 1. The summed E-state index contributed by atoms with van der Waals surface area (Å²) in [4.78, 5) is 12.0. The molecule has 0 unspecified atom stereocenters. The highest BCUT2D eigenvalue weighted by molar-refractivity contribution is 7.92. The minimum Gasteiger partial charge on any atom is -0.486 e. The number of nitrogens with one attached hydrogen (secondary N) is 1. The Hall–Kier alpha value is -1.76. The summed E-state index contributed by atoms with van der Waals surface area (Å²) < 4.78 is 34.7. The second kappa shape index (κ2) is 7.21. The van der Waals surface area contributed by atoms with Crippen molar-refractivity contribution in [2.75, 3.05) is 24.7 Å². The van der Waals surface area contributed by atoms with Crippen LogP contribution in [0.15, 0.2) is 18.2 Å². The molecule has 7 heteroatoms. The van der Waals surface area contributed by atoms with Gasteiger partial charge in [0.2, 0.25) is 5.91 Å². The molecule has 0 radical (unpaired) electrons. The zero-order valence-corrected chi connectivity index (χ0v) is 14.5. The monoisotopic (exact) mass is 341 g/mol. The van der Waals surface area contributed by atoms with E-state index in [0.29, 0.717) is 24.7 Å². The molecule has 0 bridgehead atoms. The summed E-state index contributed by atoms with van der Waals surface area (Å²) in [5.41, 5.74) is 0.837. The van der Waals surface area contributed by atoms with Gasteiger partial charge < -0.3 is 14.8 Å². The molecule has 1 aliphatic rings. The molecular formula is C16H23NO5S. The molecule has 128 valence electrons. The van der Waals surface area contributed by atoms with Gasteiger partial charge in [-0.15, -0.1) is 0 Å². The van der Waals surface area contributed by atoms with Crippen molar-refractivity contribution in [1.29, 1.82) is 0 Å². The number of amides is 1. The van der Waals surface area contributed by atoms with E-state index < -0.39 is 21.5 Å². The normalized spacial score (nSPS) is 15.3. The van der Waals surface area contributed by atoms with Crippen molar-refractivity contribution >= 4 is 15.7 Å². The average molecular weight is 341 g/mol. The molecule has 0 saturated heterocycles. The Kier molecular flexibility index (Phi) is 5.51. The minimum atomic E-state index is -3.38. The molecule has 6 nitrogen and oxygen atoms in total. The molecule has 1 aromatic rings. The highest BCUT2D eigenvalue weighted by Crippen LogP contribution is 2.32. The number of hydrogen-bond donors (Lipinski definition) is 1. The fourth-order valence-corrected chi connectivity index (χ4v) is 4.08. The number of hydrogen-bond acceptors (Lipinski definition) is 5. The Labute approximate surface area is 137 Å². The standard InChI is InChI=1S/C16H23NO5S/c1-11(2)9-23(19,20)10-16(18)17-12(3)13-4-5-14-15(8-13)22-7-6-21-14/h4-5,8,11-12H,6-7,9-10H2,1-3H3,(H,17,18)/t12-/m0/s1. The van der Waals surface area contributed by atoms with Gasteiger partial charge in [-0.3, -0.25) is 4.79 Å². The summed E-state index contributed by atoms with van der Waals surface area (Å²) in [6.07, 6.45) is 0. The number of rotatable bonds is 6. The van der Waals surface area contributed by atoms with Crippen LogP contribution >= 0.6 is 0 Å². The van der Waals surface area contributed by atoms with Gasteiger partial charge in [-0.05, 0) is 30.5 Å². The van der Waals surface area contributed by atoms with Crippen LogP contribution in [0.25, 0.3) is 0 Å². The Morgan fingerprint density at radius 3 is 2.48 bits per heavy atom. The smallest absolute Gasteiger partial charge is 0.235 e. The first kappa shape index (κ1) is 17.6. The molecule has 0 fully saturated rings. The molecule has 0 saturated carbocycles. The Morgan fingerprint density at radius 2 is 1.83 bits per heavy atom. The van der Waals surface area contributed by atoms with Gasteiger partial charge in [0, 0.05) is 0 Å². The Bertz CT molecular complexity index is 669. The second-order valence-corrected chi connectivity index (χ2v) is 8.25. The molecule has 2 rings (SSSR count). The lowest BCUT2D eigenvalue weighted by atomic mass is 10.1. The Morgan fingerprint density at radius 1 is 1.17 bits per heavy atom. The summed E-state index contributed by atoms with van der Waals surface area (Å²) in [5, 5.41) is 2.72.